The molecule has 4 rings (SSSR count). The lowest BCUT2D eigenvalue weighted by Gasteiger charge is -2.11. The fraction of sp³-hybridized carbons (Fsp3) is 0.125. The molecule has 0 unspecified atom stereocenters. The molecule has 3 N–H and O–H groups in total. The van der Waals surface area contributed by atoms with Gasteiger partial charge in [-0.3, -0.25) is 10.1 Å². The zero-order chi connectivity index (χ0) is 23.4. The number of aromatic amines is 1. The third-order valence-electron chi connectivity index (χ3n) is 4.83. The van der Waals surface area contributed by atoms with Gasteiger partial charge in [-0.25, -0.2) is 9.78 Å². The van der Waals surface area contributed by atoms with E-state index >= 15 is 0 Å². The number of amides is 2. The van der Waals surface area contributed by atoms with Crippen LogP contribution in [-0.2, 0) is 4.74 Å². The van der Waals surface area contributed by atoms with Crippen LogP contribution >= 0.6 is 15.9 Å². The van der Waals surface area contributed by atoms with Crippen LogP contribution in [0.3, 0.4) is 0 Å². The Hall–Kier alpha value is -3.85. The van der Waals surface area contributed by atoms with Gasteiger partial charge in [0.05, 0.1) is 30.5 Å². The Labute approximate surface area is 198 Å². The zero-order valence-electron chi connectivity index (χ0n) is 17.9. The molecule has 0 aliphatic heterocycles. The van der Waals surface area contributed by atoms with E-state index in [9.17, 15) is 9.59 Å². The predicted octanol–water partition coefficient (Wildman–Crippen LogP) is 5.82. The Kier molecular flexibility index (Phi) is 6.60. The minimum absolute atomic E-state index is 0.239. The summed E-state index contributed by atoms with van der Waals surface area (Å²) >= 11 is 3.43. The van der Waals surface area contributed by atoms with Gasteiger partial charge in [0.15, 0.2) is 0 Å². The first kappa shape index (κ1) is 22.3. The van der Waals surface area contributed by atoms with Gasteiger partial charge < -0.3 is 19.8 Å². The van der Waals surface area contributed by atoms with Gasteiger partial charge in [-0.2, -0.15) is 0 Å². The van der Waals surface area contributed by atoms with Gasteiger partial charge in [0.2, 0.25) is 0 Å². The number of nitrogens with one attached hydrogen (secondary N) is 3. The summed E-state index contributed by atoms with van der Waals surface area (Å²) in [4.78, 5) is 33.0. The average molecular weight is 509 g/mol. The molecule has 0 spiro atoms. The molecule has 0 radical (unpaired) electrons. The van der Waals surface area contributed by atoms with Crippen LogP contribution < -0.4 is 15.4 Å². The maximum Gasteiger partial charge on any atom is 0.411 e. The highest BCUT2D eigenvalue weighted by Crippen LogP contribution is 2.31. The van der Waals surface area contributed by atoms with Crippen LogP contribution in [0.2, 0.25) is 0 Å². The number of benzene rings is 3. The molecule has 0 aliphatic carbocycles. The molecule has 33 heavy (non-hydrogen) atoms. The fourth-order valence-electron chi connectivity index (χ4n) is 3.34. The molecule has 4 aromatic rings. The Morgan fingerprint density at radius 2 is 1.82 bits per heavy atom. The van der Waals surface area contributed by atoms with Gasteiger partial charge in [0.25, 0.3) is 5.91 Å². The maximum atomic E-state index is 13.0. The van der Waals surface area contributed by atoms with E-state index in [1.165, 1.54) is 7.11 Å². The summed E-state index contributed by atoms with van der Waals surface area (Å²) in [7, 11) is 1.51. The van der Waals surface area contributed by atoms with Gasteiger partial charge in [-0.05, 0) is 43.3 Å². The number of hydrogen-bond acceptors (Lipinski definition) is 5. The second-order valence-electron chi connectivity index (χ2n) is 7.01. The van der Waals surface area contributed by atoms with Crippen molar-refractivity contribution in [2.45, 2.75) is 6.92 Å². The number of aromatic nitrogens is 2. The predicted molar refractivity (Wildman–Crippen MR) is 131 cm³/mol. The third-order valence-corrected chi connectivity index (χ3v) is 5.35. The summed E-state index contributed by atoms with van der Waals surface area (Å²) in [6, 6.07) is 18.0. The summed E-state index contributed by atoms with van der Waals surface area (Å²) in [6.07, 6.45) is -0.591. The first-order chi connectivity index (χ1) is 16.0. The second-order valence-corrected chi connectivity index (χ2v) is 7.93. The number of imidazole rings is 1. The van der Waals surface area contributed by atoms with Crippen LogP contribution in [0.15, 0.2) is 65.1 Å². The Balaban J connectivity index is 1.76. The van der Waals surface area contributed by atoms with E-state index in [1.807, 2.05) is 24.3 Å². The number of ether oxygens (including phenoxy) is 2. The van der Waals surface area contributed by atoms with Crippen molar-refractivity contribution >= 4 is 50.3 Å². The van der Waals surface area contributed by atoms with Gasteiger partial charge >= 0.3 is 6.09 Å². The first-order valence-corrected chi connectivity index (χ1v) is 11.0. The van der Waals surface area contributed by atoms with Crippen molar-refractivity contribution in [2.75, 3.05) is 24.4 Å². The van der Waals surface area contributed by atoms with Crippen LogP contribution in [-0.4, -0.2) is 35.7 Å². The van der Waals surface area contributed by atoms with Crippen molar-refractivity contribution in [3.8, 4) is 17.1 Å². The summed E-state index contributed by atoms with van der Waals surface area (Å²) in [6.45, 7) is 1.96. The molecule has 0 saturated carbocycles. The number of rotatable bonds is 6. The molecule has 1 heterocycles. The topological polar surface area (TPSA) is 105 Å². The van der Waals surface area contributed by atoms with E-state index in [0.717, 1.165) is 10.0 Å². The van der Waals surface area contributed by atoms with E-state index in [0.29, 0.717) is 39.5 Å². The summed E-state index contributed by atoms with van der Waals surface area (Å²) in [5.74, 6) is 0.707. The largest absolute Gasteiger partial charge is 0.496 e. The third kappa shape index (κ3) is 4.98. The highest BCUT2D eigenvalue weighted by Gasteiger charge is 2.17. The molecule has 3 aromatic carbocycles. The highest BCUT2D eigenvalue weighted by atomic mass is 79.9. The lowest BCUT2D eigenvalue weighted by molar-refractivity contribution is 0.102. The SMILES string of the molecule is CCOC(=O)Nc1cc(NC(=O)c2ccccc2OC)c2nc(-c3ccc(Br)cc3)[nH]c2c1. The van der Waals surface area contributed by atoms with E-state index < -0.39 is 6.09 Å². The number of halogens is 1. The molecule has 2 amide bonds. The van der Waals surface area contributed by atoms with Crippen molar-refractivity contribution in [1.82, 2.24) is 9.97 Å². The summed E-state index contributed by atoms with van der Waals surface area (Å²) in [5.41, 5.74) is 3.30. The molecule has 0 aliphatic rings. The normalized spacial score (nSPS) is 10.6. The number of methoxy groups -OCH3 is 1. The number of nitrogens with zero attached hydrogens (tertiary/aromatic N) is 1. The van der Waals surface area contributed by atoms with E-state index in [4.69, 9.17) is 14.5 Å². The Bertz CT molecular complexity index is 1320. The lowest BCUT2D eigenvalue weighted by atomic mass is 10.1. The van der Waals surface area contributed by atoms with Gasteiger partial charge in [-0.1, -0.05) is 40.2 Å². The van der Waals surface area contributed by atoms with Crippen LogP contribution in [0.5, 0.6) is 5.75 Å². The number of carbonyl (C=O) groups excluding carboxylic acids is 2. The standard InChI is InChI=1S/C24H21BrN4O4/c1-3-33-24(31)26-16-12-18-21(29-22(27-18)14-8-10-15(25)11-9-14)19(13-16)28-23(30)17-6-4-5-7-20(17)32-2/h4-13H,3H2,1-2H3,(H,26,31)(H,27,29)(H,28,30). The second kappa shape index (κ2) is 9.74. The first-order valence-electron chi connectivity index (χ1n) is 10.2. The highest BCUT2D eigenvalue weighted by molar-refractivity contribution is 9.10. The smallest absolute Gasteiger partial charge is 0.411 e. The quantitative estimate of drug-likeness (QED) is 0.304. The Morgan fingerprint density at radius 3 is 2.55 bits per heavy atom. The van der Waals surface area contributed by atoms with Crippen LogP contribution in [0.1, 0.15) is 17.3 Å². The molecule has 8 nitrogen and oxygen atoms in total. The van der Waals surface area contributed by atoms with Crippen LogP contribution in [0.4, 0.5) is 16.2 Å². The van der Waals surface area contributed by atoms with E-state index in [-0.39, 0.29) is 12.5 Å². The van der Waals surface area contributed by atoms with Gasteiger partial charge in [-0.15, -0.1) is 0 Å². The van der Waals surface area contributed by atoms with Crippen LogP contribution in [0.25, 0.3) is 22.4 Å². The summed E-state index contributed by atoms with van der Waals surface area (Å²) < 4.78 is 11.2. The monoisotopic (exact) mass is 508 g/mol. The van der Waals surface area contributed by atoms with E-state index in [2.05, 4.69) is 31.5 Å². The van der Waals surface area contributed by atoms with Crippen molar-refractivity contribution < 1.29 is 19.1 Å². The molecule has 168 valence electrons. The lowest BCUT2D eigenvalue weighted by Crippen LogP contribution is -2.15. The number of anilines is 2. The molecule has 1 aromatic heterocycles. The average Bonchev–Trinajstić information content (AvgIpc) is 3.24. The summed E-state index contributed by atoms with van der Waals surface area (Å²) in [5, 5.41) is 5.57. The Morgan fingerprint density at radius 1 is 1.06 bits per heavy atom. The van der Waals surface area contributed by atoms with Crippen molar-refractivity contribution in [1.29, 1.82) is 0 Å². The number of para-hydroxylation sites is 1. The number of fused-ring (bicyclic) bond motifs is 1. The molecule has 9 heteroatoms. The van der Waals surface area contributed by atoms with E-state index in [1.54, 1.807) is 43.3 Å². The zero-order valence-corrected chi connectivity index (χ0v) is 19.5. The minimum Gasteiger partial charge on any atom is -0.496 e. The molecular formula is C24H21BrN4O4. The molecule has 0 atom stereocenters. The van der Waals surface area contributed by atoms with Crippen molar-refractivity contribution in [3.63, 3.8) is 0 Å². The fourth-order valence-corrected chi connectivity index (χ4v) is 3.60. The van der Waals surface area contributed by atoms with Gasteiger partial charge in [0.1, 0.15) is 17.1 Å². The molecule has 0 bridgehead atoms. The number of hydrogen-bond donors (Lipinski definition) is 3. The van der Waals surface area contributed by atoms with Gasteiger partial charge in [0, 0.05) is 15.7 Å². The van der Waals surface area contributed by atoms with Crippen molar-refractivity contribution in [3.05, 3.63) is 70.7 Å². The maximum absolute atomic E-state index is 13.0. The van der Waals surface area contributed by atoms with Crippen LogP contribution in [0, 0.1) is 0 Å². The minimum atomic E-state index is -0.591. The molecule has 0 fully saturated rings. The molecular weight excluding hydrogens is 488 g/mol. The number of carbonyl (C=O) groups is 2. The van der Waals surface area contributed by atoms with Crippen molar-refractivity contribution in [2.24, 2.45) is 0 Å². The molecule has 0 saturated heterocycles. The number of H-pyrrole nitrogens is 1.